The largest absolute Gasteiger partial charge is 0.492 e. The van der Waals surface area contributed by atoms with Crippen LogP contribution >= 0.6 is 0 Å². The van der Waals surface area contributed by atoms with Gasteiger partial charge in [0.2, 0.25) is 0 Å². The fraction of sp³-hybridized carbons (Fsp3) is 0.682. The normalized spacial score (nSPS) is 14.7. The summed E-state index contributed by atoms with van der Waals surface area (Å²) in [6.45, 7) is 5.68. The van der Waals surface area contributed by atoms with Crippen LogP contribution in [0, 0.1) is 0 Å². The van der Waals surface area contributed by atoms with Crippen LogP contribution in [0.15, 0.2) is 24.3 Å². The van der Waals surface area contributed by atoms with Crippen LogP contribution in [-0.4, -0.2) is 49.8 Å². The monoisotopic (exact) mass is 390 g/mol. The predicted octanol–water partition coefficient (Wildman–Crippen LogP) is 3.97. The molecule has 1 aromatic carbocycles. The summed E-state index contributed by atoms with van der Waals surface area (Å²) in [7, 11) is 0. The number of piperidine rings is 1. The van der Waals surface area contributed by atoms with Crippen molar-refractivity contribution in [2.45, 2.75) is 64.3 Å². The fourth-order valence-corrected chi connectivity index (χ4v) is 3.50. The molecule has 6 nitrogen and oxygen atoms in total. The minimum absolute atomic E-state index is 0.0911. The van der Waals surface area contributed by atoms with Crippen molar-refractivity contribution >= 4 is 11.7 Å². The molecule has 158 valence electrons. The number of nitrogens with zero attached hydrogens (tertiary/aromatic N) is 1. The summed E-state index contributed by atoms with van der Waals surface area (Å²) in [6, 6.07) is 8.48. The molecule has 0 unspecified atom stereocenters. The number of nitrogens with one attached hydrogen (secondary N) is 2. The molecule has 0 aromatic heterocycles. The lowest BCUT2D eigenvalue weighted by Crippen LogP contribution is -2.47. The van der Waals surface area contributed by atoms with Crippen LogP contribution in [0.1, 0.15) is 58.3 Å². The zero-order valence-corrected chi connectivity index (χ0v) is 17.4. The number of urea groups is 1. The highest BCUT2D eigenvalue weighted by Gasteiger charge is 2.22. The first-order chi connectivity index (χ1) is 13.7. The zero-order valence-electron chi connectivity index (χ0n) is 17.4. The molecule has 0 bridgehead atoms. The van der Waals surface area contributed by atoms with E-state index >= 15 is 0 Å². The van der Waals surface area contributed by atoms with Gasteiger partial charge in [-0.3, -0.25) is 0 Å². The third kappa shape index (κ3) is 8.38. The molecule has 1 aliphatic heterocycles. The Balaban J connectivity index is 1.59. The van der Waals surface area contributed by atoms with E-state index in [1.54, 1.807) is 0 Å². The molecule has 0 radical (unpaired) electrons. The Labute approximate surface area is 170 Å². The third-order valence-electron chi connectivity index (χ3n) is 5.20. The van der Waals surface area contributed by atoms with Crippen molar-refractivity contribution in [1.82, 2.24) is 10.2 Å². The predicted molar refractivity (Wildman–Crippen MR) is 116 cm³/mol. The Hall–Kier alpha value is -1.95. The van der Waals surface area contributed by atoms with Gasteiger partial charge in [-0.15, -0.1) is 0 Å². The highest BCUT2D eigenvalue weighted by Crippen LogP contribution is 2.20. The van der Waals surface area contributed by atoms with Crippen molar-refractivity contribution in [3.05, 3.63) is 24.3 Å². The first kappa shape index (κ1) is 22.3. The Kier molecular flexibility index (Phi) is 10.6. The van der Waals surface area contributed by atoms with Crippen molar-refractivity contribution in [1.29, 1.82) is 0 Å². The van der Waals surface area contributed by atoms with E-state index in [2.05, 4.69) is 17.6 Å². The van der Waals surface area contributed by atoms with Crippen molar-refractivity contribution < 1.29 is 9.53 Å². The van der Waals surface area contributed by atoms with Gasteiger partial charge in [0.05, 0.1) is 0 Å². The van der Waals surface area contributed by atoms with E-state index < -0.39 is 0 Å². The van der Waals surface area contributed by atoms with E-state index in [1.807, 2.05) is 29.2 Å². The van der Waals surface area contributed by atoms with Crippen molar-refractivity contribution in [2.24, 2.45) is 5.73 Å². The van der Waals surface area contributed by atoms with E-state index in [4.69, 9.17) is 10.5 Å². The van der Waals surface area contributed by atoms with E-state index in [9.17, 15) is 4.79 Å². The van der Waals surface area contributed by atoms with Gasteiger partial charge in [-0.1, -0.05) is 39.0 Å². The lowest BCUT2D eigenvalue weighted by atomic mass is 10.0. The highest BCUT2D eigenvalue weighted by atomic mass is 16.5. The number of carbonyl (C=O) groups is 1. The van der Waals surface area contributed by atoms with E-state index in [0.717, 1.165) is 50.3 Å². The molecular weight excluding hydrogens is 352 g/mol. The Morgan fingerprint density at radius 2 is 1.79 bits per heavy atom. The molecule has 0 saturated carbocycles. The van der Waals surface area contributed by atoms with Crippen LogP contribution in [0.25, 0.3) is 0 Å². The summed E-state index contributed by atoms with van der Waals surface area (Å²) in [6.07, 6.45) is 9.42. The second kappa shape index (κ2) is 13.3. The molecule has 2 rings (SSSR count). The molecule has 1 aromatic rings. The van der Waals surface area contributed by atoms with Crippen LogP contribution in [-0.2, 0) is 0 Å². The molecule has 1 saturated heterocycles. The fourth-order valence-electron chi connectivity index (χ4n) is 3.50. The minimum atomic E-state index is 0.0911. The quantitative estimate of drug-likeness (QED) is 0.472. The molecule has 6 heteroatoms. The summed E-state index contributed by atoms with van der Waals surface area (Å²) in [5.41, 5.74) is 6.54. The number of anilines is 1. The van der Waals surface area contributed by atoms with Gasteiger partial charge in [0.15, 0.2) is 0 Å². The van der Waals surface area contributed by atoms with Crippen molar-refractivity contribution in [3.8, 4) is 5.75 Å². The van der Waals surface area contributed by atoms with Gasteiger partial charge < -0.3 is 26.0 Å². The number of amides is 2. The molecule has 1 heterocycles. The highest BCUT2D eigenvalue weighted by molar-refractivity contribution is 5.74. The second-order valence-electron chi connectivity index (χ2n) is 7.57. The summed E-state index contributed by atoms with van der Waals surface area (Å²) in [5.74, 6) is 0.841. The maximum atomic E-state index is 12.3. The molecular formula is C22H38N4O2. The summed E-state index contributed by atoms with van der Waals surface area (Å²) < 4.78 is 5.50. The molecule has 0 atom stereocenters. The number of carbonyl (C=O) groups excluding carboxylic acids is 1. The lowest BCUT2D eigenvalue weighted by molar-refractivity contribution is 0.183. The van der Waals surface area contributed by atoms with Gasteiger partial charge >= 0.3 is 6.03 Å². The summed E-state index contributed by atoms with van der Waals surface area (Å²) in [5, 5.41) is 6.64. The van der Waals surface area contributed by atoms with Crippen molar-refractivity contribution in [2.75, 3.05) is 38.1 Å². The van der Waals surface area contributed by atoms with Crippen LogP contribution in [0.5, 0.6) is 5.75 Å². The first-order valence-corrected chi connectivity index (χ1v) is 10.9. The molecule has 4 N–H and O–H groups in total. The molecule has 28 heavy (non-hydrogen) atoms. The van der Waals surface area contributed by atoms with Gasteiger partial charge in [0, 0.05) is 37.9 Å². The molecule has 0 spiro atoms. The second-order valence-corrected chi connectivity index (χ2v) is 7.57. The number of rotatable bonds is 12. The minimum Gasteiger partial charge on any atom is -0.492 e. The summed E-state index contributed by atoms with van der Waals surface area (Å²) >= 11 is 0. The molecule has 1 aliphatic rings. The number of ether oxygens (including phenoxy) is 1. The number of likely N-dealkylation sites (tertiary alicyclic amines) is 1. The number of benzene rings is 1. The summed E-state index contributed by atoms with van der Waals surface area (Å²) in [4.78, 5) is 14.2. The van der Waals surface area contributed by atoms with Crippen LogP contribution in [0.2, 0.25) is 0 Å². The average Bonchev–Trinajstić information content (AvgIpc) is 2.73. The lowest BCUT2D eigenvalue weighted by Gasteiger charge is -2.33. The standard InChI is InChI=1S/C22H38N4O2/c1-2-3-4-5-6-7-15-24-22(27)26-16-12-20(13-17-26)25-19-8-10-21(11-9-19)28-18-14-23/h8-11,20,25H,2-7,12-18,23H2,1H3,(H,24,27). The first-order valence-electron chi connectivity index (χ1n) is 10.9. The SMILES string of the molecule is CCCCCCCCNC(=O)N1CCC(Nc2ccc(OCCN)cc2)CC1. The van der Waals surface area contributed by atoms with Crippen LogP contribution in [0.3, 0.4) is 0 Å². The Morgan fingerprint density at radius 1 is 1.11 bits per heavy atom. The number of hydrogen-bond acceptors (Lipinski definition) is 4. The maximum absolute atomic E-state index is 12.3. The van der Waals surface area contributed by atoms with Crippen LogP contribution in [0.4, 0.5) is 10.5 Å². The van der Waals surface area contributed by atoms with E-state index in [0.29, 0.717) is 19.2 Å². The van der Waals surface area contributed by atoms with Crippen LogP contribution < -0.4 is 21.1 Å². The number of hydrogen-bond donors (Lipinski definition) is 3. The topological polar surface area (TPSA) is 79.6 Å². The Bertz CT molecular complexity index is 542. The molecule has 0 aliphatic carbocycles. The van der Waals surface area contributed by atoms with Gasteiger partial charge in [0.25, 0.3) is 0 Å². The number of nitrogens with two attached hydrogens (primary N) is 1. The van der Waals surface area contributed by atoms with E-state index in [1.165, 1.54) is 32.1 Å². The Morgan fingerprint density at radius 3 is 2.46 bits per heavy atom. The van der Waals surface area contributed by atoms with Gasteiger partial charge in [-0.05, 0) is 43.5 Å². The van der Waals surface area contributed by atoms with Gasteiger partial charge in [0.1, 0.15) is 12.4 Å². The molecule has 2 amide bonds. The smallest absolute Gasteiger partial charge is 0.317 e. The average molecular weight is 391 g/mol. The zero-order chi connectivity index (χ0) is 20.0. The third-order valence-corrected chi connectivity index (χ3v) is 5.20. The van der Waals surface area contributed by atoms with Crippen molar-refractivity contribution in [3.63, 3.8) is 0 Å². The van der Waals surface area contributed by atoms with Gasteiger partial charge in [-0.25, -0.2) is 4.79 Å². The molecule has 1 fully saturated rings. The van der Waals surface area contributed by atoms with Gasteiger partial charge in [-0.2, -0.15) is 0 Å². The van der Waals surface area contributed by atoms with E-state index in [-0.39, 0.29) is 6.03 Å². The number of unbranched alkanes of at least 4 members (excludes halogenated alkanes) is 5. The maximum Gasteiger partial charge on any atom is 0.317 e.